The van der Waals surface area contributed by atoms with E-state index < -0.39 is 20.5 Å². The highest BCUT2D eigenvalue weighted by atomic mass is 32.2. The summed E-state index contributed by atoms with van der Waals surface area (Å²) in [6.07, 6.45) is 0.476. The van der Waals surface area contributed by atoms with Crippen molar-refractivity contribution < 1.29 is 22.9 Å². The molecular weight excluding hydrogens is 384 g/mol. The second kappa shape index (κ2) is 6.39. The molecule has 0 radical (unpaired) electrons. The molecule has 0 bridgehead atoms. The van der Waals surface area contributed by atoms with E-state index in [9.17, 15) is 23.3 Å². The van der Waals surface area contributed by atoms with E-state index in [4.69, 9.17) is 4.74 Å². The highest BCUT2D eigenvalue weighted by Gasteiger charge is 2.49. The van der Waals surface area contributed by atoms with E-state index >= 15 is 0 Å². The highest BCUT2D eigenvalue weighted by molar-refractivity contribution is 7.89. The molecule has 9 heteroatoms. The van der Waals surface area contributed by atoms with Crippen molar-refractivity contribution in [3.63, 3.8) is 0 Å². The molecule has 146 valence electrons. The van der Waals surface area contributed by atoms with Crippen molar-refractivity contribution in [3.05, 3.63) is 63.7 Å². The van der Waals surface area contributed by atoms with Crippen LogP contribution >= 0.6 is 0 Å². The first kappa shape index (κ1) is 18.6. The summed E-state index contributed by atoms with van der Waals surface area (Å²) in [5.41, 5.74) is -0.259. The average molecular weight is 402 g/mol. The molecule has 28 heavy (non-hydrogen) atoms. The second-order valence-electron chi connectivity index (χ2n) is 7.18. The van der Waals surface area contributed by atoms with E-state index in [1.807, 2.05) is 0 Å². The number of non-ortho nitro benzene ring substituents is 1. The van der Waals surface area contributed by atoms with Crippen LogP contribution in [0.5, 0.6) is 5.75 Å². The number of carbonyl (C=O) groups excluding carboxylic acids is 1. The Hall–Kier alpha value is -2.78. The minimum Gasteiger partial charge on any atom is -0.485 e. The maximum Gasteiger partial charge on any atom is 0.270 e. The van der Waals surface area contributed by atoms with Crippen molar-refractivity contribution in [2.45, 2.75) is 30.3 Å². The summed E-state index contributed by atoms with van der Waals surface area (Å²) < 4.78 is 33.6. The number of Topliss-reactive ketones (excluding diaryl/α,β-unsaturated/α-hetero) is 1. The van der Waals surface area contributed by atoms with Gasteiger partial charge in [0.2, 0.25) is 10.0 Å². The Morgan fingerprint density at radius 3 is 2.71 bits per heavy atom. The van der Waals surface area contributed by atoms with Crippen molar-refractivity contribution in [2.75, 3.05) is 13.1 Å². The number of nitrogens with zero attached hydrogens (tertiary/aromatic N) is 2. The van der Waals surface area contributed by atoms with Gasteiger partial charge in [-0.3, -0.25) is 14.9 Å². The van der Waals surface area contributed by atoms with Crippen LogP contribution in [0.2, 0.25) is 0 Å². The van der Waals surface area contributed by atoms with Gasteiger partial charge in [-0.05, 0) is 24.6 Å². The quantitative estimate of drug-likeness (QED) is 0.577. The van der Waals surface area contributed by atoms with Gasteiger partial charge in [-0.1, -0.05) is 18.2 Å². The van der Waals surface area contributed by atoms with Crippen LogP contribution < -0.4 is 4.74 Å². The zero-order valence-corrected chi connectivity index (χ0v) is 15.9. The minimum absolute atomic E-state index is 0.0253. The third-order valence-electron chi connectivity index (χ3n) is 5.28. The number of ether oxygens (including phenoxy) is 1. The number of sulfonamides is 1. The zero-order valence-electron chi connectivity index (χ0n) is 15.1. The Morgan fingerprint density at radius 2 is 1.96 bits per heavy atom. The molecule has 0 aliphatic carbocycles. The Morgan fingerprint density at radius 1 is 1.21 bits per heavy atom. The lowest BCUT2D eigenvalue weighted by Crippen LogP contribution is -2.45. The zero-order chi connectivity index (χ0) is 20.1. The molecule has 2 aromatic carbocycles. The molecule has 2 aliphatic heterocycles. The van der Waals surface area contributed by atoms with E-state index in [0.717, 1.165) is 6.07 Å². The number of nitro groups is 1. The summed E-state index contributed by atoms with van der Waals surface area (Å²) in [7, 11) is -3.96. The number of aryl methyl sites for hydroxylation is 1. The van der Waals surface area contributed by atoms with Gasteiger partial charge in [-0.15, -0.1) is 0 Å². The summed E-state index contributed by atoms with van der Waals surface area (Å²) >= 11 is 0. The SMILES string of the molecule is Cc1ccc([N+](=O)[O-])cc1S(=O)(=O)N1CCC2(CC(=O)c3ccccc3O2)C1. The molecule has 0 saturated carbocycles. The van der Waals surface area contributed by atoms with Gasteiger partial charge in [-0.25, -0.2) is 8.42 Å². The van der Waals surface area contributed by atoms with Crippen molar-refractivity contribution in [3.8, 4) is 5.75 Å². The first-order valence-electron chi connectivity index (χ1n) is 8.78. The lowest BCUT2D eigenvalue weighted by molar-refractivity contribution is -0.385. The molecular formula is C19H18N2O6S. The van der Waals surface area contributed by atoms with Crippen molar-refractivity contribution in [1.82, 2.24) is 4.31 Å². The number of hydrogen-bond donors (Lipinski definition) is 0. The maximum absolute atomic E-state index is 13.1. The predicted octanol–water partition coefficient (Wildman–Crippen LogP) is 2.70. The fraction of sp³-hybridized carbons (Fsp3) is 0.316. The van der Waals surface area contributed by atoms with Crippen LogP contribution in [0.25, 0.3) is 0 Å². The Bertz CT molecular complexity index is 1100. The van der Waals surface area contributed by atoms with E-state index in [1.165, 1.54) is 16.4 Å². The minimum atomic E-state index is -3.96. The Kier molecular flexibility index (Phi) is 4.24. The molecule has 2 aromatic rings. The Labute approximate surface area is 161 Å². The Balaban J connectivity index is 1.65. The summed E-state index contributed by atoms with van der Waals surface area (Å²) in [5, 5.41) is 11.0. The van der Waals surface area contributed by atoms with Crippen LogP contribution in [0.3, 0.4) is 0 Å². The van der Waals surface area contributed by atoms with Gasteiger partial charge >= 0.3 is 0 Å². The largest absolute Gasteiger partial charge is 0.485 e. The van der Waals surface area contributed by atoms with Crippen molar-refractivity contribution in [1.29, 1.82) is 0 Å². The molecule has 0 amide bonds. The molecule has 1 fully saturated rings. The van der Waals surface area contributed by atoms with Gasteiger partial charge in [-0.2, -0.15) is 4.31 Å². The molecule has 1 spiro atoms. The molecule has 2 aliphatic rings. The van der Waals surface area contributed by atoms with Crippen molar-refractivity contribution in [2.24, 2.45) is 0 Å². The number of rotatable bonds is 3. The van der Waals surface area contributed by atoms with Crippen LogP contribution in [0.15, 0.2) is 47.4 Å². The number of fused-ring (bicyclic) bond motifs is 1. The van der Waals surface area contributed by atoms with E-state index in [1.54, 1.807) is 31.2 Å². The van der Waals surface area contributed by atoms with Gasteiger partial charge in [0.15, 0.2) is 5.78 Å². The highest BCUT2D eigenvalue weighted by Crippen LogP contribution is 2.40. The number of para-hydroxylation sites is 1. The van der Waals surface area contributed by atoms with E-state index in [2.05, 4.69) is 0 Å². The summed E-state index contributed by atoms with van der Waals surface area (Å²) in [4.78, 5) is 22.9. The number of carbonyl (C=O) groups is 1. The maximum atomic E-state index is 13.1. The molecule has 1 saturated heterocycles. The van der Waals surface area contributed by atoms with Crippen LogP contribution in [-0.2, 0) is 10.0 Å². The van der Waals surface area contributed by atoms with Gasteiger partial charge < -0.3 is 4.74 Å². The third-order valence-corrected chi connectivity index (χ3v) is 7.27. The number of nitro benzene ring substituents is 1. The topological polar surface area (TPSA) is 107 Å². The van der Waals surface area contributed by atoms with Gasteiger partial charge in [0.05, 0.1) is 28.3 Å². The molecule has 1 atom stereocenters. The molecule has 2 heterocycles. The molecule has 0 aromatic heterocycles. The normalized spacial score (nSPS) is 22.1. The monoisotopic (exact) mass is 402 g/mol. The molecule has 4 rings (SSSR count). The molecule has 0 N–H and O–H groups in total. The van der Waals surface area contributed by atoms with Crippen LogP contribution in [0.4, 0.5) is 5.69 Å². The summed E-state index contributed by atoms with van der Waals surface area (Å²) in [5.74, 6) is 0.386. The van der Waals surface area contributed by atoms with Crippen molar-refractivity contribution >= 4 is 21.5 Å². The van der Waals surface area contributed by atoms with Gasteiger partial charge in [0.1, 0.15) is 11.4 Å². The van der Waals surface area contributed by atoms with Gasteiger partial charge in [0.25, 0.3) is 5.69 Å². The lowest BCUT2D eigenvalue weighted by atomic mass is 9.89. The fourth-order valence-electron chi connectivity index (χ4n) is 3.80. The van der Waals surface area contributed by atoms with Crippen LogP contribution in [0.1, 0.15) is 28.8 Å². The summed E-state index contributed by atoms with van der Waals surface area (Å²) in [6.45, 7) is 1.80. The first-order chi connectivity index (χ1) is 13.2. The van der Waals surface area contributed by atoms with E-state index in [0.29, 0.717) is 23.3 Å². The third kappa shape index (κ3) is 2.96. The van der Waals surface area contributed by atoms with E-state index in [-0.39, 0.29) is 35.9 Å². The van der Waals surface area contributed by atoms with Crippen LogP contribution in [0, 0.1) is 17.0 Å². The van der Waals surface area contributed by atoms with Gasteiger partial charge in [0, 0.05) is 25.1 Å². The molecule has 8 nitrogen and oxygen atoms in total. The standard InChI is InChI=1S/C19H18N2O6S/c1-13-6-7-14(21(23)24)10-18(13)28(25,26)20-9-8-19(12-20)11-16(22)15-4-2-3-5-17(15)27-19/h2-7,10H,8-9,11-12H2,1H3. The average Bonchev–Trinajstić information content (AvgIpc) is 3.05. The first-order valence-corrected chi connectivity index (χ1v) is 10.2. The number of benzene rings is 2. The smallest absolute Gasteiger partial charge is 0.270 e. The predicted molar refractivity (Wildman–Crippen MR) is 100.0 cm³/mol. The number of hydrogen-bond acceptors (Lipinski definition) is 6. The number of ketones is 1. The lowest BCUT2D eigenvalue weighted by Gasteiger charge is -2.34. The van der Waals surface area contributed by atoms with Crippen LogP contribution in [-0.4, -0.2) is 42.1 Å². The molecule has 1 unspecified atom stereocenters. The fourth-order valence-corrected chi connectivity index (χ4v) is 5.56. The summed E-state index contributed by atoms with van der Waals surface area (Å²) in [6, 6.07) is 10.7. The second-order valence-corrected chi connectivity index (χ2v) is 9.08.